The summed E-state index contributed by atoms with van der Waals surface area (Å²) in [6.45, 7) is 2.31. The van der Waals surface area contributed by atoms with Crippen LogP contribution < -0.4 is 5.32 Å². The third-order valence-electron chi connectivity index (χ3n) is 3.73. The van der Waals surface area contributed by atoms with Gasteiger partial charge >= 0.3 is 0 Å². The zero-order valence-corrected chi connectivity index (χ0v) is 14.4. The van der Waals surface area contributed by atoms with Gasteiger partial charge < -0.3 is 5.32 Å². The summed E-state index contributed by atoms with van der Waals surface area (Å²) in [5.74, 6) is -2.05. The molecule has 0 spiro atoms. The molecule has 0 aliphatic heterocycles. The lowest BCUT2D eigenvalue weighted by atomic mass is 9.99. The Morgan fingerprint density at radius 2 is 2.00 bits per heavy atom. The van der Waals surface area contributed by atoms with Crippen molar-refractivity contribution in [2.45, 2.75) is 32.7 Å². The fraction of sp³-hybridized carbons (Fsp3) is 0.316. The number of carbonyl (C=O) groups excluding carboxylic acids is 2. The first-order valence-corrected chi connectivity index (χ1v) is 8.76. The van der Waals surface area contributed by atoms with Crippen LogP contribution in [0.3, 0.4) is 0 Å². The molecule has 0 saturated heterocycles. The van der Waals surface area contributed by atoms with E-state index in [0.29, 0.717) is 13.0 Å². The van der Waals surface area contributed by atoms with Crippen LogP contribution in [0.15, 0.2) is 41.8 Å². The van der Waals surface area contributed by atoms with Gasteiger partial charge in [-0.05, 0) is 36.8 Å². The standard InChI is InChI=1S/C19H20N2O2S/c1-14-7-9-15(10-8-14)13-21-19(23)17(12-20)18(22)6-2-4-16-5-3-11-24-16/h3,5,7-11,17H,2,4,6,13H2,1H3,(H,21,23). The second-order valence-electron chi connectivity index (χ2n) is 5.66. The summed E-state index contributed by atoms with van der Waals surface area (Å²) in [5, 5.41) is 13.8. The molecule has 4 nitrogen and oxygen atoms in total. The van der Waals surface area contributed by atoms with Crippen LogP contribution in [0.5, 0.6) is 0 Å². The van der Waals surface area contributed by atoms with Gasteiger partial charge in [-0.3, -0.25) is 9.59 Å². The molecule has 2 rings (SSSR count). The summed E-state index contributed by atoms with van der Waals surface area (Å²) in [6.07, 6.45) is 1.70. The third kappa shape index (κ3) is 5.32. The Morgan fingerprint density at radius 1 is 1.25 bits per heavy atom. The molecule has 124 valence electrons. The van der Waals surface area contributed by atoms with Gasteiger partial charge in [-0.1, -0.05) is 35.9 Å². The Morgan fingerprint density at radius 3 is 2.62 bits per heavy atom. The maximum Gasteiger partial charge on any atom is 0.245 e. The Labute approximate surface area is 146 Å². The van der Waals surface area contributed by atoms with E-state index < -0.39 is 11.8 Å². The largest absolute Gasteiger partial charge is 0.350 e. The molecule has 1 aromatic carbocycles. The topological polar surface area (TPSA) is 70.0 Å². The van der Waals surface area contributed by atoms with E-state index in [0.717, 1.165) is 17.5 Å². The number of rotatable bonds is 8. The van der Waals surface area contributed by atoms with Crippen molar-refractivity contribution in [3.05, 3.63) is 57.8 Å². The number of amides is 1. The molecule has 24 heavy (non-hydrogen) atoms. The van der Waals surface area contributed by atoms with Crippen LogP contribution in [0.25, 0.3) is 0 Å². The number of nitriles is 1. The number of nitrogens with one attached hydrogen (secondary N) is 1. The number of thiophene rings is 1. The Kier molecular flexibility index (Phi) is 6.71. The monoisotopic (exact) mass is 340 g/mol. The molecule has 0 saturated carbocycles. The Balaban J connectivity index is 1.80. The summed E-state index contributed by atoms with van der Waals surface area (Å²) < 4.78 is 0. The molecule has 1 atom stereocenters. The van der Waals surface area contributed by atoms with Crippen LogP contribution in [0, 0.1) is 24.2 Å². The van der Waals surface area contributed by atoms with Crippen molar-refractivity contribution < 1.29 is 9.59 Å². The van der Waals surface area contributed by atoms with Crippen LogP contribution in [0.2, 0.25) is 0 Å². The number of carbonyl (C=O) groups is 2. The smallest absolute Gasteiger partial charge is 0.245 e. The van der Waals surface area contributed by atoms with E-state index >= 15 is 0 Å². The predicted molar refractivity (Wildman–Crippen MR) is 94.4 cm³/mol. The predicted octanol–water partition coefficient (Wildman–Crippen LogP) is 3.40. The number of Topliss-reactive ketones (excluding diaryl/α,β-unsaturated/α-hetero) is 1. The molecule has 1 amide bonds. The minimum Gasteiger partial charge on any atom is -0.350 e. The van der Waals surface area contributed by atoms with Gasteiger partial charge in [0.25, 0.3) is 0 Å². The number of hydrogen-bond donors (Lipinski definition) is 1. The maximum atomic E-state index is 12.1. The number of aryl methyl sites for hydroxylation is 2. The quantitative estimate of drug-likeness (QED) is 0.749. The number of ketones is 1. The van der Waals surface area contributed by atoms with Gasteiger partial charge in [0.2, 0.25) is 5.91 Å². The average molecular weight is 340 g/mol. The number of hydrogen-bond acceptors (Lipinski definition) is 4. The summed E-state index contributed by atoms with van der Waals surface area (Å²) >= 11 is 1.65. The molecule has 0 aliphatic carbocycles. The van der Waals surface area contributed by atoms with Gasteiger partial charge in [-0.2, -0.15) is 5.26 Å². The van der Waals surface area contributed by atoms with Crippen molar-refractivity contribution >= 4 is 23.0 Å². The second-order valence-corrected chi connectivity index (χ2v) is 6.70. The van der Waals surface area contributed by atoms with E-state index in [2.05, 4.69) is 5.32 Å². The normalized spacial score (nSPS) is 11.5. The summed E-state index contributed by atoms with van der Waals surface area (Å²) in [7, 11) is 0. The van der Waals surface area contributed by atoms with E-state index in [1.807, 2.05) is 54.8 Å². The lowest BCUT2D eigenvalue weighted by Gasteiger charge is -2.10. The molecule has 1 N–H and O–H groups in total. The SMILES string of the molecule is Cc1ccc(CNC(=O)C(C#N)C(=O)CCCc2cccs2)cc1. The molecular formula is C19H20N2O2S. The minimum absolute atomic E-state index is 0.244. The highest BCUT2D eigenvalue weighted by atomic mass is 32.1. The van der Waals surface area contributed by atoms with E-state index in [4.69, 9.17) is 5.26 Å². The van der Waals surface area contributed by atoms with Crippen LogP contribution in [-0.2, 0) is 22.6 Å². The summed E-state index contributed by atoms with van der Waals surface area (Å²) in [4.78, 5) is 25.4. The highest BCUT2D eigenvalue weighted by molar-refractivity contribution is 7.09. The van der Waals surface area contributed by atoms with Crippen LogP contribution >= 0.6 is 11.3 Å². The van der Waals surface area contributed by atoms with E-state index in [-0.39, 0.29) is 12.2 Å². The van der Waals surface area contributed by atoms with Crippen molar-refractivity contribution in [3.63, 3.8) is 0 Å². The van der Waals surface area contributed by atoms with Crippen molar-refractivity contribution in [3.8, 4) is 6.07 Å². The molecule has 0 bridgehead atoms. The van der Waals surface area contributed by atoms with Gasteiger partial charge in [0, 0.05) is 17.8 Å². The van der Waals surface area contributed by atoms with Gasteiger partial charge in [0.1, 0.15) is 0 Å². The fourth-order valence-electron chi connectivity index (χ4n) is 2.31. The highest BCUT2D eigenvalue weighted by Crippen LogP contribution is 2.13. The summed E-state index contributed by atoms with van der Waals surface area (Å²) in [5.41, 5.74) is 2.08. The van der Waals surface area contributed by atoms with E-state index in [9.17, 15) is 9.59 Å². The fourth-order valence-corrected chi connectivity index (χ4v) is 3.06. The van der Waals surface area contributed by atoms with E-state index in [1.54, 1.807) is 11.3 Å². The summed E-state index contributed by atoms with van der Waals surface area (Å²) in [6, 6.07) is 13.6. The molecular weight excluding hydrogens is 320 g/mol. The molecule has 1 aromatic heterocycles. The molecule has 0 radical (unpaired) electrons. The molecule has 1 heterocycles. The highest BCUT2D eigenvalue weighted by Gasteiger charge is 2.25. The molecule has 0 fully saturated rings. The maximum absolute atomic E-state index is 12.1. The third-order valence-corrected chi connectivity index (χ3v) is 4.66. The first-order valence-electron chi connectivity index (χ1n) is 7.88. The number of benzene rings is 1. The number of nitrogens with zero attached hydrogens (tertiary/aromatic N) is 1. The van der Waals surface area contributed by atoms with Crippen molar-refractivity contribution in [1.82, 2.24) is 5.32 Å². The first kappa shape index (κ1) is 17.9. The molecule has 2 aromatic rings. The van der Waals surface area contributed by atoms with Gasteiger partial charge in [-0.25, -0.2) is 0 Å². The second kappa shape index (κ2) is 8.99. The first-order chi connectivity index (χ1) is 11.6. The zero-order chi connectivity index (χ0) is 17.4. The van der Waals surface area contributed by atoms with Crippen LogP contribution in [0.1, 0.15) is 28.8 Å². The van der Waals surface area contributed by atoms with Crippen LogP contribution in [0.4, 0.5) is 0 Å². The molecule has 1 unspecified atom stereocenters. The molecule has 5 heteroatoms. The molecule has 0 aliphatic rings. The van der Waals surface area contributed by atoms with Gasteiger partial charge in [-0.15, -0.1) is 11.3 Å². The zero-order valence-electron chi connectivity index (χ0n) is 13.6. The van der Waals surface area contributed by atoms with Crippen molar-refractivity contribution in [1.29, 1.82) is 5.26 Å². The van der Waals surface area contributed by atoms with Crippen LogP contribution in [-0.4, -0.2) is 11.7 Å². The van der Waals surface area contributed by atoms with E-state index in [1.165, 1.54) is 4.88 Å². The lowest BCUT2D eigenvalue weighted by Crippen LogP contribution is -2.34. The van der Waals surface area contributed by atoms with Crippen molar-refractivity contribution in [2.75, 3.05) is 0 Å². The lowest BCUT2D eigenvalue weighted by molar-refractivity contribution is -0.131. The van der Waals surface area contributed by atoms with Gasteiger partial charge in [0.15, 0.2) is 11.7 Å². The van der Waals surface area contributed by atoms with Crippen molar-refractivity contribution in [2.24, 2.45) is 5.92 Å². The Hall–Kier alpha value is -2.45. The minimum atomic E-state index is -1.22. The Bertz CT molecular complexity index is 715. The average Bonchev–Trinajstić information content (AvgIpc) is 3.08. The van der Waals surface area contributed by atoms with Gasteiger partial charge in [0.05, 0.1) is 6.07 Å².